The highest BCUT2D eigenvalue weighted by atomic mass is 35.5. The average molecular weight is 521 g/mol. The van der Waals surface area contributed by atoms with Crippen molar-refractivity contribution in [2.24, 2.45) is 21.7 Å². The summed E-state index contributed by atoms with van der Waals surface area (Å²) in [6.07, 6.45) is -1.29. The van der Waals surface area contributed by atoms with Crippen LogP contribution in [0.25, 0.3) is 0 Å². The highest BCUT2D eigenvalue weighted by Gasteiger charge is 2.45. The van der Waals surface area contributed by atoms with E-state index in [1.165, 1.54) is 29.8 Å². The Balaban J connectivity index is 1.87. The first-order valence-corrected chi connectivity index (χ1v) is 11.4. The van der Waals surface area contributed by atoms with Crippen LogP contribution in [0.4, 0.5) is 0 Å². The normalized spacial score (nSPS) is 26.5. The summed E-state index contributed by atoms with van der Waals surface area (Å²) in [5.74, 6) is 4.61. The van der Waals surface area contributed by atoms with Crippen LogP contribution in [0.1, 0.15) is 15.5 Å². The average Bonchev–Trinajstić information content (AvgIpc) is 3.18. The second-order valence-corrected chi connectivity index (χ2v) is 9.27. The molecule has 5 atom stereocenters. The molecule has 3 unspecified atom stereocenters. The fraction of sp³-hybridized carbons (Fsp3) is 0.353. The maximum absolute atomic E-state index is 11.7. The molecule has 0 aromatic carbocycles. The molecule has 172 valence electrons. The summed E-state index contributed by atoms with van der Waals surface area (Å²) >= 11 is 13.9. The quantitative estimate of drug-likeness (QED) is 0.194. The lowest BCUT2D eigenvalue weighted by Crippen LogP contribution is -2.57. The van der Waals surface area contributed by atoms with Crippen LogP contribution in [0.15, 0.2) is 32.6 Å². The Morgan fingerprint density at radius 3 is 2.72 bits per heavy atom. The van der Waals surface area contributed by atoms with Crippen molar-refractivity contribution in [1.82, 2.24) is 9.97 Å². The third kappa shape index (κ3) is 5.55. The van der Waals surface area contributed by atoms with Crippen molar-refractivity contribution in [3.8, 4) is 0 Å². The number of ether oxygens (including phenoxy) is 1. The number of carbonyl (C=O) groups excluding carboxylic acids is 1. The van der Waals surface area contributed by atoms with Gasteiger partial charge in [-0.05, 0) is 6.07 Å². The van der Waals surface area contributed by atoms with Crippen LogP contribution < -0.4 is 11.6 Å². The van der Waals surface area contributed by atoms with E-state index in [9.17, 15) is 20.1 Å². The van der Waals surface area contributed by atoms with Crippen LogP contribution in [-0.4, -0.2) is 79.5 Å². The Hall–Kier alpha value is -1.84. The molecule has 7 N–H and O–H groups in total. The van der Waals surface area contributed by atoms with Crippen LogP contribution >= 0.6 is 46.3 Å². The lowest BCUT2D eigenvalue weighted by molar-refractivity contribution is -0.159. The largest absolute Gasteiger partial charge is 0.394 e. The molecular weight excluding hydrogens is 503 g/mol. The van der Waals surface area contributed by atoms with Gasteiger partial charge < -0.3 is 31.6 Å². The number of amides is 1. The maximum Gasteiger partial charge on any atom is 0.268 e. The van der Waals surface area contributed by atoms with Gasteiger partial charge in [-0.25, -0.2) is 9.97 Å². The molecule has 1 aliphatic rings. The van der Waals surface area contributed by atoms with Gasteiger partial charge in [0.15, 0.2) is 0 Å². The Bertz CT molecular complexity index is 1040. The fourth-order valence-electron chi connectivity index (χ4n) is 2.83. The summed E-state index contributed by atoms with van der Waals surface area (Å²) in [5.41, 5.74) is 4.41. The van der Waals surface area contributed by atoms with Gasteiger partial charge in [0.25, 0.3) is 5.91 Å². The highest BCUT2D eigenvalue weighted by molar-refractivity contribution is 8.00. The zero-order chi connectivity index (χ0) is 23.4. The minimum atomic E-state index is -1.37. The van der Waals surface area contributed by atoms with Gasteiger partial charge in [0.05, 0.1) is 17.8 Å². The number of thioether (sulfide) groups is 1. The molecule has 0 spiro atoms. The topological polar surface area (TPSA) is 190 Å². The first-order chi connectivity index (χ1) is 15.2. The van der Waals surface area contributed by atoms with Crippen molar-refractivity contribution in [3.05, 3.63) is 38.5 Å². The van der Waals surface area contributed by atoms with E-state index in [4.69, 9.17) is 39.5 Å². The second-order valence-electron chi connectivity index (χ2n) is 6.45. The summed E-state index contributed by atoms with van der Waals surface area (Å²) in [6.45, 7) is -0.548. The molecule has 1 amide bonds. The predicted molar refractivity (Wildman–Crippen MR) is 122 cm³/mol. The molecule has 0 bridgehead atoms. The van der Waals surface area contributed by atoms with Crippen molar-refractivity contribution in [2.75, 3.05) is 6.61 Å². The number of hydrazone groups is 1. The van der Waals surface area contributed by atoms with Gasteiger partial charge in [-0.15, -0.1) is 11.3 Å². The number of pyridine rings is 1. The van der Waals surface area contributed by atoms with E-state index in [1.807, 2.05) is 0 Å². The van der Waals surface area contributed by atoms with Crippen molar-refractivity contribution in [3.63, 3.8) is 0 Å². The van der Waals surface area contributed by atoms with E-state index in [0.717, 1.165) is 11.8 Å². The smallest absolute Gasteiger partial charge is 0.268 e. The number of primary amides is 1. The van der Waals surface area contributed by atoms with E-state index in [-0.39, 0.29) is 26.5 Å². The van der Waals surface area contributed by atoms with Crippen molar-refractivity contribution in [1.29, 1.82) is 0 Å². The maximum atomic E-state index is 11.7. The van der Waals surface area contributed by atoms with Gasteiger partial charge in [-0.2, -0.15) is 5.10 Å². The molecule has 2 aromatic heterocycles. The Labute approximate surface area is 200 Å². The van der Waals surface area contributed by atoms with E-state index in [0.29, 0.717) is 5.01 Å². The molecule has 0 aliphatic carbocycles. The number of nitrogens with two attached hydrogens (primary N) is 2. The second kappa shape index (κ2) is 10.9. The number of aliphatic hydroxyl groups is 3. The zero-order valence-corrected chi connectivity index (χ0v) is 19.2. The zero-order valence-electron chi connectivity index (χ0n) is 16.1. The number of carbonyl (C=O) groups is 1. The number of thiazole rings is 1. The molecule has 3 heterocycles. The van der Waals surface area contributed by atoms with Crippen molar-refractivity contribution < 1.29 is 24.9 Å². The number of aromatic nitrogens is 2. The highest BCUT2D eigenvalue weighted by Crippen LogP contribution is 2.36. The summed E-state index contributed by atoms with van der Waals surface area (Å²) in [6, 6.07) is 0.313. The van der Waals surface area contributed by atoms with Crippen LogP contribution in [0, 0.1) is 0 Å². The fourth-order valence-corrected chi connectivity index (χ4v) is 5.17. The van der Waals surface area contributed by atoms with E-state index in [1.54, 1.807) is 5.38 Å². The van der Waals surface area contributed by atoms with Gasteiger partial charge in [-0.1, -0.05) is 35.0 Å². The molecule has 1 fully saturated rings. The Morgan fingerprint density at radius 2 is 2.12 bits per heavy atom. The number of nitrogens with zero attached hydrogens (tertiary/aromatic N) is 4. The molecule has 32 heavy (non-hydrogen) atoms. The standard InChI is InChI=1S/C17H18Cl2N6O5S2/c18-6-1-9(11(15(20)29)22-2-6)32-17-14(28)12(13(27)8(4-26)30-17)23-3-7(25-21)16-24-10(19)5-31-16/h1-3,5,8,12-14,17,26-28H,4,21H2,(H2,20,29)/t8?,12?,13-,14?,17+/m0/s1. The van der Waals surface area contributed by atoms with Crippen LogP contribution in [0.3, 0.4) is 0 Å². The van der Waals surface area contributed by atoms with Crippen molar-refractivity contribution >= 4 is 64.1 Å². The summed E-state index contributed by atoms with van der Waals surface area (Å²) in [7, 11) is 0. The van der Waals surface area contributed by atoms with Gasteiger partial charge in [-0.3, -0.25) is 9.79 Å². The van der Waals surface area contributed by atoms with Gasteiger partial charge in [0.2, 0.25) is 0 Å². The first-order valence-electron chi connectivity index (χ1n) is 8.92. The molecule has 2 aromatic rings. The Morgan fingerprint density at radius 1 is 1.38 bits per heavy atom. The van der Waals surface area contributed by atoms with Crippen LogP contribution in [-0.2, 0) is 4.74 Å². The molecule has 15 heteroatoms. The van der Waals surface area contributed by atoms with E-state index < -0.39 is 42.3 Å². The van der Waals surface area contributed by atoms with Gasteiger partial charge >= 0.3 is 0 Å². The van der Waals surface area contributed by atoms with Gasteiger partial charge in [0, 0.05) is 16.5 Å². The van der Waals surface area contributed by atoms with E-state index in [2.05, 4.69) is 20.1 Å². The first kappa shape index (κ1) is 24.8. The number of hydrogen-bond acceptors (Lipinski definition) is 12. The van der Waals surface area contributed by atoms with Crippen molar-refractivity contribution in [2.45, 2.75) is 34.7 Å². The number of rotatable bonds is 7. The number of halogens is 2. The molecule has 0 radical (unpaired) electrons. The summed E-state index contributed by atoms with van der Waals surface area (Å²) in [4.78, 5) is 24.1. The lowest BCUT2D eigenvalue weighted by Gasteiger charge is -2.40. The lowest BCUT2D eigenvalue weighted by atomic mass is 9.98. The predicted octanol–water partition coefficient (Wildman–Crippen LogP) is 0.277. The van der Waals surface area contributed by atoms with Gasteiger partial charge in [0.1, 0.15) is 51.4 Å². The molecule has 1 aliphatic heterocycles. The van der Waals surface area contributed by atoms with Crippen LogP contribution in [0.5, 0.6) is 0 Å². The summed E-state index contributed by atoms with van der Waals surface area (Å²) < 4.78 is 5.62. The van der Waals surface area contributed by atoms with E-state index >= 15 is 0 Å². The minimum absolute atomic E-state index is 0.0693. The Kier molecular flexibility index (Phi) is 8.41. The number of aliphatic imine (C=N–C) groups is 1. The third-order valence-corrected chi connectivity index (χ3v) is 6.93. The monoisotopic (exact) mass is 520 g/mol. The molecular formula is C17H18Cl2N6O5S2. The SMILES string of the molecule is NN=C(C=NC1C(O)[C@@H](Sc2cc(Cl)cnc2C(N)=O)OC(CO)[C@@H]1O)c1nc(Cl)cs1. The number of hydrogen-bond donors (Lipinski definition) is 5. The molecule has 3 rings (SSSR count). The van der Waals surface area contributed by atoms with Crippen LogP contribution in [0.2, 0.25) is 10.2 Å². The molecule has 11 nitrogen and oxygen atoms in total. The summed E-state index contributed by atoms with van der Waals surface area (Å²) in [5, 5.41) is 37.1. The molecule has 1 saturated heterocycles. The molecule has 0 saturated carbocycles. The third-order valence-electron chi connectivity index (χ3n) is 4.35. The number of aliphatic hydroxyl groups excluding tert-OH is 3. The minimum Gasteiger partial charge on any atom is -0.394 e.